The van der Waals surface area contributed by atoms with E-state index in [9.17, 15) is 9.59 Å². The summed E-state index contributed by atoms with van der Waals surface area (Å²) in [6.07, 6.45) is 1.64. The average Bonchev–Trinajstić information content (AvgIpc) is 2.75. The van der Waals surface area contributed by atoms with Gasteiger partial charge in [0.1, 0.15) is 11.8 Å². The number of hydrogen-bond acceptors (Lipinski definition) is 3. The molecule has 0 saturated heterocycles. The van der Waals surface area contributed by atoms with Gasteiger partial charge in [0.15, 0.2) is 0 Å². The summed E-state index contributed by atoms with van der Waals surface area (Å²) in [5.74, 6) is 0.594. The zero-order valence-electron chi connectivity index (χ0n) is 18.8. The molecule has 0 aliphatic carbocycles. The lowest BCUT2D eigenvalue weighted by atomic mass is 10.1. The summed E-state index contributed by atoms with van der Waals surface area (Å²) >= 11 is 0. The van der Waals surface area contributed by atoms with Crippen LogP contribution >= 0.6 is 0 Å². The molecule has 2 rings (SSSR count). The van der Waals surface area contributed by atoms with Crippen LogP contribution in [0, 0.1) is 6.92 Å². The lowest BCUT2D eigenvalue weighted by molar-refractivity contribution is -0.141. The summed E-state index contributed by atoms with van der Waals surface area (Å²) in [5, 5.41) is 3.04. The third-order valence-electron chi connectivity index (χ3n) is 5.37. The Bertz CT molecular complexity index is 815. The standard InChI is InChI=1S/C25H34N2O3/c1-6-19(4)26-25(29)23(7-2)27(17-21-10-8-18(3)9-11-21)24(28)16-20-12-14-22(30-5)15-13-20/h8-15,19,23H,6-7,16-17H2,1-5H3,(H,26,29)/t19-,23+/m0/s1. The number of methoxy groups -OCH3 is 1. The molecule has 2 aromatic carbocycles. The number of hydrogen-bond donors (Lipinski definition) is 1. The first-order chi connectivity index (χ1) is 14.4. The lowest BCUT2D eigenvalue weighted by Crippen LogP contribution is -2.51. The molecule has 2 atom stereocenters. The van der Waals surface area contributed by atoms with E-state index in [1.807, 2.05) is 76.2 Å². The molecular formula is C25H34N2O3. The summed E-state index contributed by atoms with van der Waals surface area (Å²) in [7, 11) is 1.62. The van der Waals surface area contributed by atoms with E-state index in [1.54, 1.807) is 12.0 Å². The maximum Gasteiger partial charge on any atom is 0.243 e. The van der Waals surface area contributed by atoms with Gasteiger partial charge in [-0.25, -0.2) is 0 Å². The maximum absolute atomic E-state index is 13.3. The zero-order valence-corrected chi connectivity index (χ0v) is 18.8. The molecule has 162 valence electrons. The molecule has 0 saturated carbocycles. The highest BCUT2D eigenvalue weighted by Crippen LogP contribution is 2.17. The SMILES string of the molecule is CC[C@H](C(=O)N[C@@H](C)CC)N(Cc1ccc(C)cc1)C(=O)Cc1ccc(OC)cc1. The highest BCUT2D eigenvalue weighted by atomic mass is 16.5. The fourth-order valence-electron chi connectivity index (χ4n) is 3.27. The largest absolute Gasteiger partial charge is 0.497 e. The van der Waals surface area contributed by atoms with Gasteiger partial charge in [0, 0.05) is 12.6 Å². The van der Waals surface area contributed by atoms with Gasteiger partial charge in [0.2, 0.25) is 11.8 Å². The van der Waals surface area contributed by atoms with Gasteiger partial charge in [-0.15, -0.1) is 0 Å². The van der Waals surface area contributed by atoms with Crippen molar-refractivity contribution in [2.24, 2.45) is 0 Å². The Morgan fingerprint density at radius 1 is 0.967 bits per heavy atom. The van der Waals surface area contributed by atoms with Crippen molar-refractivity contribution in [3.8, 4) is 5.75 Å². The fourth-order valence-corrected chi connectivity index (χ4v) is 3.27. The van der Waals surface area contributed by atoms with Crippen LogP contribution in [0.1, 0.15) is 50.3 Å². The first kappa shape index (κ1) is 23.5. The fraction of sp³-hybridized carbons (Fsp3) is 0.440. The van der Waals surface area contributed by atoms with Gasteiger partial charge in [-0.3, -0.25) is 9.59 Å². The van der Waals surface area contributed by atoms with E-state index in [-0.39, 0.29) is 24.3 Å². The monoisotopic (exact) mass is 410 g/mol. The number of carbonyl (C=O) groups is 2. The summed E-state index contributed by atoms with van der Waals surface area (Å²) in [4.78, 5) is 28.0. The number of nitrogens with zero attached hydrogens (tertiary/aromatic N) is 1. The molecule has 2 amide bonds. The molecule has 0 radical (unpaired) electrons. The number of nitrogens with one attached hydrogen (secondary N) is 1. The van der Waals surface area contributed by atoms with Crippen LogP contribution in [0.25, 0.3) is 0 Å². The van der Waals surface area contributed by atoms with Gasteiger partial charge in [0.25, 0.3) is 0 Å². The van der Waals surface area contributed by atoms with E-state index in [2.05, 4.69) is 5.32 Å². The van der Waals surface area contributed by atoms with Crippen molar-refractivity contribution in [3.05, 3.63) is 65.2 Å². The van der Waals surface area contributed by atoms with E-state index in [4.69, 9.17) is 4.74 Å². The van der Waals surface area contributed by atoms with Crippen molar-refractivity contribution in [1.29, 1.82) is 0 Å². The zero-order chi connectivity index (χ0) is 22.1. The predicted octanol–water partition coefficient (Wildman–Crippen LogP) is 4.27. The second kappa shape index (κ2) is 11.4. The summed E-state index contributed by atoms with van der Waals surface area (Å²) in [6, 6.07) is 15.1. The molecule has 0 aliphatic heterocycles. The number of benzene rings is 2. The Labute approximate surface area is 180 Å². The van der Waals surface area contributed by atoms with Crippen molar-refractivity contribution >= 4 is 11.8 Å². The summed E-state index contributed by atoms with van der Waals surface area (Å²) < 4.78 is 5.20. The Morgan fingerprint density at radius 3 is 2.10 bits per heavy atom. The third-order valence-corrected chi connectivity index (χ3v) is 5.37. The normalized spacial score (nSPS) is 12.7. The minimum Gasteiger partial charge on any atom is -0.497 e. The number of rotatable bonds is 10. The topological polar surface area (TPSA) is 58.6 Å². The highest BCUT2D eigenvalue weighted by Gasteiger charge is 2.29. The van der Waals surface area contributed by atoms with Crippen molar-refractivity contribution in [2.75, 3.05) is 7.11 Å². The Kier molecular flexibility index (Phi) is 8.90. The summed E-state index contributed by atoms with van der Waals surface area (Å²) in [5.41, 5.74) is 3.07. The van der Waals surface area contributed by atoms with Crippen LogP contribution < -0.4 is 10.1 Å². The number of amides is 2. The Balaban J connectivity index is 2.26. The molecule has 0 spiro atoms. The maximum atomic E-state index is 13.3. The lowest BCUT2D eigenvalue weighted by Gasteiger charge is -2.31. The number of carbonyl (C=O) groups excluding carboxylic acids is 2. The van der Waals surface area contributed by atoms with Crippen LogP contribution in [0.4, 0.5) is 0 Å². The Morgan fingerprint density at radius 2 is 1.57 bits per heavy atom. The molecule has 0 fully saturated rings. The molecule has 0 aliphatic rings. The van der Waals surface area contributed by atoms with Crippen LogP contribution in [0.15, 0.2) is 48.5 Å². The molecule has 5 nitrogen and oxygen atoms in total. The molecule has 0 heterocycles. The van der Waals surface area contributed by atoms with Gasteiger partial charge in [0.05, 0.1) is 13.5 Å². The molecule has 30 heavy (non-hydrogen) atoms. The first-order valence-electron chi connectivity index (χ1n) is 10.7. The molecule has 0 aromatic heterocycles. The van der Waals surface area contributed by atoms with Crippen LogP contribution in [0.5, 0.6) is 5.75 Å². The van der Waals surface area contributed by atoms with Crippen molar-refractivity contribution in [3.63, 3.8) is 0 Å². The second-order valence-corrected chi connectivity index (χ2v) is 7.77. The van der Waals surface area contributed by atoms with Crippen LogP contribution in [0.3, 0.4) is 0 Å². The summed E-state index contributed by atoms with van der Waals surface area (Å²) in [6.45, 7) is 8.40. The predicted molar refractivity (Wildman–Crippen MR) is 120 cm³/mol. The smallest absolute Gasteiger partial charge is 0.243 e. The van der Waals surface area contributed by atoms with Crippen LogP contribution in [-0.2, 0) is 22.6 Å². The van der Waals surface area contributed by atoms with Gasteiger partial charge in [-0.1, -0.05) is 55.8 Å². The van der Waals surface area contributed by atoms with E-state index in [1.165, 1.54) is 0 Å². The van der Waals surface area contributed by atoms with Gasteiger partial charge in [-0.2, -0.15) is 0 Å². The highest BCUT2D eigenvalue weighted by molar-refractivity contribution is 5.88. The van der Waals surface area contributed by atoms with E-state index >= 15 is 0 Å². The quantitative estimate of drug-likeness (QED) is 0.636. The van der Waals surface area contributed by atoms with Crippen molar-refractivity contribution in [1.82, 2.24) is 10.2 Å². The molecule has 5 heteroatoms. The van der Waals surface area contributed by atoms with E-state index in [0.717, 1.165) is 28.9 Å². The first-order valence-corrected chi connectivity index (χ1v) is 10.7. The second-order valence-electron chi connectivity index (χ2n) is 7.77. The molecule has 0 unspecified atom stereocenters. The van der Waals surface area contributed by atoms with Crippen molar-refractivity contribution < 1.29 is 14.3 Å². The van der Waals surface area contributed by atoms with Gasteiger partial charge >= 0.3 is 0 Å². The van der Waals surface area contributed by atoms with Crippen LogP contribution in [0.2, 0.25) is 0 Å². The Hall–Kier alpha value is -2.82. The minimum absolute atomic E-state index is 0.0631. The van der Waals surface area contributed by atoms with Crippen LogP contribution in [-0.4, -0.2) is 35.9 Å². The average molecular weight is 411 g/mol. The van der Waals surface area contributed by atoms with E-state index in [0.29, 0.717) is 13.0 Å². The number of aryl methyl sites for hydroxylation is 1. The molecule has 2 aromatic rings. The minimum atomic E-state index is -0.508. The molecule has 0 bridgehead atoms. The van der Waals surface area contributed by atoms with Gasteiger partial charge < -0.3 is 15.0 Å². The molecule has 1 N–H and O–H groups in total. The molecular weight excluding hydrogens is 376 g/mol. The van der Waals surface area contributed by atoms with Crippen molar-refractivity contribution in [2.45, 2.75) is 65.6 Å². The van der Waals surface area contributed by atoms with Gasteiger partial charge in [-0.05, 0) is 49.9 Å². The third kappa shape index (κ3) is 6.61. The number of ether oxygens (including phenoxy) is 1. The van der Waals surface area contributed by atoms with E-state index < -0.39 is 6.04 Å².